The van der Waals surface area contributed by atoms with Gasteiger partial charge in [-0.1, -0.05) is 19.4 Å². The lowest BCUT2D eigenvalue weighted by Gasteiger charge is -2.07. The molecule has 2 heterocycles. The van der Waals surface area contributed by atoms with Crippen LogP contribution in [0, 0.1) is 0 Å². The second kappa shape index (κ2) is 7.73. The Morgan fingerprint density at radius 2 is 2.24 bits per heavy atom. The van der Waals surface area contributed by atoms with Crippen molar-refractivity contribution in [2.75, 3.05) is 6.54 Å². The van der Waals surface area contributed by atoms with Crippen LogP contribution >= 0.6 is 11.3 Å². The van der Waals surface area contributed by atoms with E-state index in [-0.39, 0.29) is 11.5 Å². The summed E-state index contributed by atoms with van der Waals surface area (Å²) in [6, 6.07) is 7.16. The number of carbonyl (C=O) groups excluding carboxylic acids is 1. The molecule has 0 radical (unpaired) electrons. The number of aromatic nitrogens is 2. The highest BCUT2D eigenvalue weighted by atomic mass is 32.1. The number of hydrogen-bond donors (Lipinski definition) is 1. The van der Waals surface area contributed by atoms with E-state index >= 15 is 0 Å². The third kappa shape index (κ3) is 4.53. The van der Waals surface area contributed by atoms with Crippen molar-refractivity contribution in [3.05, 3.63) is 40.0 Å². The van der Waals surface area contributed by atoms with Crippen LogP contribution in [-0.2, 0) is 11.3 Å². The van der Waals surface area contributed by atoms with E-state index in [0.717, 1.165) is 23.4 Å². The summed E-state index contributed by atoms with van der Waals surface area (Å²) in [4.78, 5) is 24.3. The molecule has 0 aliphatic rings. The number of unbranched alkanes of at least 4 members (excludes halogenated alkanes) is 1. The van der Waals surface area contributed by atoms with Crippen LogP contribution in [0.5, 0.6) is 0 Å². The normalized spacial score (nSPS) is 10.5. The molecule has 0 aliphatic heterocycles. The molecule has 0 saturated carbocycles. The van der Waals surface area contributed by atoms with E-state index in [9.17, 15) is 9.59 Å². The summed E-state index contributed by atoms with van der Waals surface area (Å²) in [5, 5.41) is 9.12. The van der Waals surface area contributed by atoms with Crippen molar-refractivity contribution in [1.29, 1.82) is 0 Å². The Kier molecular flexibility index (Phi) is 5.68. The van der Waals surface area contributed by atoms with E-state index in [0.29, 0.717) is 19.5 Å². The summed E-state index contributed by atoms with van der Waals surface area (Å²) in [6.45, 7) is 2.85. The van der Waals surface area contributed by atoms with Gasteiger partial charge in [-0.05, 0) is 23.9 Å². The first-order valence-electron chi connectivity index (χ1n) is 7.09. The summed E-state index contributed by atoms with van der Waals surface area (Å²) in [5.41, 5.74) is 0.625. The highest BCUT2D eigenvalue weighted by Gasteiger charge is 2.05. The second-order valence-electron chi connectivity index (χ2n) is 4.71. The average molecular weight is 305 g/mol. The van der Waals surface area contributed by atoms with E-state index in [1.165, 1.54) is 10.7 Å². The number of amides is 1. The van der Waals surface area contributed by atoms with E-state index < -0.39 is 0 Å². The van der Waals surface area contributed by atoms with Crippen LogP contribution in [0.25, 0.3) is 10.6 Å². The van der Waals surface area contributed by atoms with Crippen LogP contribution in [0.3, 0.4) is 0 Å². The third-order valence-electron chi connectivity index (χ3n) is 3.04. The molecule has 6 heteroatoms. The number of thiophene rings is 1. The molecule has 0 bridgehead atoms. The van der Waals surface area contributed by atoms with Gasteiger partial charge in [0.25, 0.3) is 5.56 Å². The summed E-state index contributed by atoms with van der Waals surface area (Å²) < 4.78 is 1.40. The Labute approximate surface area is 127 Å². The first-order chi connectivity index (χ1) is 10.2. The zero-order valence-electron chi connectivity index (χ0n) is 12.0. The molecule has 0 spiro atoms. The van der Waals surface area contributed by atoms with Crippen LogP contribution in [0.2, 0.25) is 0 Å². The lowest BCUT2D eigenvalue weighted by Crippen LogP contribution is -2.31. The van der Waals surface area contributed by atoms with Gasteiger partial charge in [0, 0.05) is 19.0 Å². The van der Waals surface area contributed by atoms with E-state index in [1.54, 1.807) is 17.4 Å². The first-order valence-corrected chi connectivity index (χ1v) is 7.97. The van der Waals surface area contributed by atoms with Gasteiger partial charge in [0.1, 0.15) is 5.69 Å². The maximum Gasteiger partial charge on any atom is 0.266 e. The summed E-state index contributed by atoms with van der Waals surface area (Å²) >= 11 is 1.58. The maximum atomic E-state index is 11.8. The van der Waals surface area contributed by atoms with Crippen molar-refractivity contribution in [2.45, 2.75) is 32.7 Å². The first kappa shape index (κ1) is 15.4. The quantitative estimate of drug-likeness (QED) is 0.853. The van der Waals surface area contributed by atoms with Crippen LogP contribution < -0.4 is 10.9 Å². The molecule has 1 N–H and O–H groups in total. The highest BCUT2D eigenvalue weighted by Crippen LogP contribution is 2.20. The van der Waals surface area contributed by atoms with Gasteiger partial charge in [-0.15, -0.1) is 11.3 Å². The van der Waals surface area contributed by atoms with Crippen molar-refractivity contribution in [3.8, 4) is 10.6 Å². The lowest BCUT2D eigenvalue weighted by molar-refractivity contribution is -0.121. The zero-order valence-corrected chi connectivity index (χ0v) is 12.9. The number of carbonyl (C=O) groups is 1. The monoisotopic (exact) mass is 305 g/mol. The Balaban J connectivity index is 1.95. The maximum absolute atomic E-state index is 11.8. The molecule has 0 fully saturated rings. The predicted molar refractivity (Wildman–Crippen MR) is 84.3 cm³/mol. The summed E-state index contributed by atoms with van der Waals surface area (Å²) in [7, 11) is 0. The molecule has 2 aromatic rings. The summed E-state index contributed by atoms with van der Waals surface area (Å²) in [5.74, 6) is 0.0271. The number of nitrogens with one attached hydrogen (secondary N) is 1. The minimum absolute atomic E-state index is 0.0271. The Morgan fingerprint density at radius 3 is 2.95 bits per heavy atom. The van der Waals surface area contributed by atoms with Crippen LogP contribution in [-0.4, -0.2) is 22.2 Å². The van der Waals surface area contributed by atoms with Gasteiger partial charge in [0.15, 0.2) is 0 Å². The minimum atomic E-state index is -0.155. The Bertz CT molecular complexity index is 635. The van der Waals surface area contributed by atoms with Gasteiger partial charge in [0.05, 0.1) is 11.4 Å². The van der Waals surface area contributed by atoms with E-state index in [4.69, 9.17) is 0 Å². The highest BCUT2D eigenvalue weighted by molar-refractivity contribution is 7.13. The smallest absolute Gasteiger partial charge is 0.266 e. The SMILES string of the molecule is CCCCC(=O)NCCn1nc(-c2cccs2)ccc1=O. The predicted octanol–water partition coefficient (Wildman–Crippen LogP) is 2.28. The molecule has 112 valence electrons. The number of rotatable bonds is 7. The molecule has 5 nitrogen and oxygen atoms in total. The van der Waals surface area contributed by atoms with Gasteiger partial charge >= 0.3 is 0 Å². The molecule has 21 heavy (non-hydrogen) atoms. The fourth-order valence-electron chi connectivity index (χ4n) is 1.89. The standard InChI is InChI=1S/C15H19N3O2S/c1-2-3-6-14(19)16-9-10-18-15(20)8-7-12(17-18)13-5-4-11-21-13/h4-5,7-8,11H,2-3,6,9-10H2,1H3,(H,16,19). The van der Waals surface area contributed by atoms with Crippen LogP contribution in [0.15, 0.2) is 34.4 Å². The lowest BCUT2D eigenvalue weighted by atomic mass is 10.2. The van der Waals surface area contributed by atoms with Crippen molar-refractivity contribution in [2.24, 2.45) is 0 Å². The van der Waals surface area contributed by atoms with Gasteiger partial charge in [-0.2, -0.15) is 5.10 Å². The number of nitrogens with zero attached hydrogens (tertiary/aromatic N) is 2. The molecule has 0 aromatic carbocycles. The molecular weight excluding hydrogens is 286 g/mol. The van der Waals surface area contributed by atoms with Gasteiger partial charge in [-0.25, -0.2) is 4.68 Å². The molecule has 2 aromatic heterocycles. The van der Waals surface area contributed by atoms with Crippen LogP contribution in [0.1, 0.15) is 26.2 Å². The van der Waals surface area contributed by atoms with E-state index in [2.05, 4.69) is 10.4 Å². The van der Waals surface area contributed by atoms with Crippen molar-refractivity contribution in [1.82, 2.24) is 15.1 Å². The van der Waals surface area contributed by atoms with Gasteiger partial charge in [-0.3, -0.25) is 9.59 Å². The minimum Gasteiger partial charge on any atom is -0.354 e. The molecule has 2 rings (SSSR count). The fourth-order valence-corrected chi connectivity index (χ4v) is 2.58. The zero-order chi connectivity index (χ0) is 15.1. The third-order valence-corrected chi connectivity index (χ3v) is 3.94. The van der Waals surface area contributed by atoms with Gasteiger partial charge in [0.2, 0.25) is 5.91 Å². The van der Waals surface area contributed by atoms with Gasteiger partial charge < -0.3 is 5.32 Å². The molecule has 0 unspecified atom stereocenters. The average Bonchev–Trinajstić information content (AvgIpc) is 3.01. The molecular formula is C15H19N3O2S. The second-order valence-corrected chi connectivity index (χ2v) is 5.66. The fraction of sp³-hybridized carbons (Fsp3) is 0.400. The van der Waals surface area contributed by atoms with Crippen molar-refractivity contribution < 1.29 is 4.79 Å². The molecule has 1 amide bonds. The van der Waals surface area contributed by atoms with Crippen molar-refractivity contribution in [3.63, 3.8) is 0 Å². The Hall–Kier alpha value is -1.95. The Morgan fingerprint density at radius 1 is 1.38 bits per heavy atom. The molecule has 0 aliphatic carbocycles. The molecule has 0 atom stereocenters. The van der Waals surface area contributed by atoms with Crippen LogP contribution in [0.4, 0.5) is 0 Å². The largest absolute Gasteiger partial charge is 0.354 e. The summed E-state index contributed by atoms with van der Waals surface area (Å²) in [6.07, 6.45) is 2.42. The van der Waals surface area contributed by atoms with E-state index in [1.807, 2.05) is 24.4 Å². The number of hydrogen-bond acceptors (Lipinski definition) is 4. The topological polar surface area (TPSA) is 64.0 Å². The van der Waals surface area contributed by atoms with Crippen molar-refractivity contribution >= 4 is 17.2 Å². The molecule has 0 saturated heterocycles.